The first-order valence-electron chi connectivity index (χ1n) is 10.1. The molecule has 3 aromatic carbocycles. The van der Waals surface area contributed by atoms with Gasteiger partial charge in [0.15, 0.2) is 0 Å². The Labute approximate surface area is 186 Å². The van der Waals surface area contributed by atoms with Gasteiger partial charge >= 0.3 is 5.97 Å². The standard InChI is InChI=1S/C26H23F2O3P/c1-2-31-26(30)24(19-18-23(29)25(27)28)32(20-12-6-3-7-13-20,21-14-8-4-9-15-21)22-16-10-5-11-17-22/h3-19,25H,2H2,1H3/b19-18+. The maximum absolute atomic E-state index is 13.3. The number of esters is 1. The van der Waals surface area contributed by atoms with Crippen LogP contribution >= 0.6 is 6.89 Å². The van der Waals surface area contributed by atoms with Gasteiger partial charge in [-0.1, -0.05) is 91.0 Å². The number of hydrogen-bond acceptors (Lipinski definition) is 3. The second-order valence-corrected chi connectivity index (χ2v) is 10.2. The number of ether oxygens (including phenoxy) is 1. The molecule has 0 fully saturated rings. The van der Waals surface area contributed by atoms with Crippen molar-refractivity contribution in [1.82, 2.24) is 0 Å². The lowest BCUT2D eigenvalue weighted by Crippen LogP contribution is -2.33. The normalized spacial score (nSPS) is 11.5. The Morgan fingerprint density at radius 1 is 0.781 bits per heavy atom. The number of carbonyl (C=O) groups excluding carboxylic acids is 2. The minimum atomic E-state index is -3.16. The molecule has 0 bridgehead atoms. The van der Waals surface area contributed by atoms with E-state index in [4.69, 9.17) is 4.74 Å². The number of rotatable bonds is 8. The summed E-state index contributed by atoms with van der Waals surface area (Å²) in [4.78, 5) is 25.1. The van der Waals surface area contributed by atoms with Crippen LogP contribution in [0.4, 0.5) is 8.78 Å². The van der Waals surface area contributed by atoms with Gasteiger partial charge in [-0.3, -0.25) is 4.79 Å². The Kier molecular flexibility index (Phi) is 7.91. The van der Waals surface area contributed by atoms with Gasteiger partial charge in [0.2, 0.25) is 5.78 Å². The molecule has 0 unspecified atom stereocenters. The van der Waals surface area contributed by atoms with Crippen LogP contribution in [0.5, 0.6) is 0 Å². The van der Waals surface area contributed by atoms with E-state index in [0.29, 0.717) is 0 Å². The molecular weight excluding hydrogens is 429 g/mol. The molecule has 3 aromatic rings. The lowest BCUT2D eigenvalue weighted by molar-refractivity contribution is -0.134. The van der Waals surface area contributed by atoms with Crippen molar-refractivity contribution in [1.29, 1.82) is 0 Å². The molecular formula is C26H23F2O3P. The minimum Gasteiger partial charge on any atom is -0.462 e. The average molecular weight is 452 g/mol. The van der Waals surface area contributed by atoms with Crippen molar-refractivity contribution in [3.8, 4) is 0 Å². The summed E-state index contributed by atoms with van der Waals surface area (Å²) in [5.74, 6) is -2.00. The zero-order valence-electron chi connectivity index (χ0n) is 17.5. The van der Waals surface area contributed by atoms with Crippen LogP contribution in [0, 0.1) is 0 Å². The number of carbonyl (C=O) groups is 2. The fourth-order valence-electron chi connectivity index (χ4n) is 3.57. The van der Waals surface area contributed by atoms with Crippen molar-refractivity contribution in [3.63, 3.8) is 0 Å². The second kappa shape index (κ2) is 10.8. The fourth-order valence-corrected chi connectivity index (χ4v) is 7.80. The van der Waals surface area contributed by atoms with Crippen LogP contribution in [-0.4, -0.2) is 30.1 Å². The molecule has 0 amide bonds. The molecule has 3 nitrogen and oxygen atoms in total. The molecule has 32 heavy (non-hydrogen) atoms. The summed E-state index contributed by atoms with van der Waals surface area (Å²) < 4.78 is 31.3. The highest BCUT2D eigenvalue weighted by Gasteiger charge is 2.32. The predicted octanol–water partition coefficient (Wildman–Crippen LogP) is 4.11. The van der Waals surface area contributed by atoms with Crippen molar-refractivity contribution in [2.75, 3.05) is 6.61 Å². The molecule has 0 saturated heterocycles. The van der Waals surface area contributed by atoms with E-state index < -0.39 is 25.1 Å². The molecule has 0 N–H and O–H groups in total. The zero-order valence-corrected chi connectivity index (χ0v) is 18.4. The van der Waals surface area contributed by atoms with E-state index in [0.717, 1.165) is 22.0 Å². The number of benzene rings is 3. The van der Waals surface area contributed by atoms with Crippen LogP contribution in [0.15, 0.2) is 103 Å². The Morgan fingerprint density at radius 3 is 1.53 bits per heavy atom. The Bertz CT molecular complexity index is 1040. The highest BCUT2D eigenvalue weighted by molar-refractivity contribution is 7.96. The molecule has 0 aromatic heterocycles. The summed E-state index contributed by atoms with van der Waals surface area (Å²) in [7, 11) is 0. The second-order valence-electron chi connectivity index (χ2n) is 6.82. The van der Waals surface area contributed by atoms with Crippen molar-refractivity contribution < 1.29 is 23.1 Å². The molecule has 0 radical (unpaired) electrons. The molecule has 0 atom stereocenters. The minimum absolute atomic E-state index is 0.108. The third kappa shape index (κ3) is 4.79. The summed E-state index contributed by atoms with van der Waals surface area (Å²) in [5.41, 5.74) is 0. The first-order valence-corrected chi connectivity index (χ1v) is 11.9. The number of allylic oxidation sites excluding steroid dienone is 1. The SMILES string of the molecule is CCOC(=O)C(/C=C/C(=O)C(F)F)=P(c1ccccc1)(c1ccccc1)c1ccccc1. The van der Waals surface area contributed by atoms with E-state index in [1.165, 1.54) is 6.08 Å². The smallest absolute Gasteiger partial charge is 0.339 e. The Balaban J connectivity index is 2.55. The van der Waals surface area contributed by atoms with Gasteiger partial charge < -0.3 is 4.74 Å². The van der Waals surface area contributed by atoms with Crippen molar-refractivity contribution in [2.24, 2.45) is 0 Å². The van der Waals surface area contributed by atoms with Gasteiger partial charge in [-0.2, -0.15) is 0 Å². The molecule has 0 aliphatic carbocycles. The maximum atomic E-state index is 13.3. The zero-order chi connectivity index (χ0) is 23.0. The monoisotopic (exact) mass is 452 g/mol. The molecule has 0 heterocycles. The summed E-state index contributed by atoms with van der Waals surface area (Å²) in [6, 6.07) is 28.3. The molecule has 0 saturated carbocycles. The largest absolute Gasteiger partial charge is 0.462 e. The van der Waals surface area contributed by atoms with Gasteiger partial charge in [0.05, 0.1) is 11.9 Å². The van der Waals surface area contributed by atoms with E-state index in [9.17, 15) is 18.4 Å². The maximum Gasteiger partial charge on any atom is 0.339 e. The highest BCUT2D eigenvalue weighted by Crippen LogP contribution is 2.46. The number of alkyl halides is 2. The van der Waals surface area contributed by atoms with Crippen LogP contribution in [0.2, 0.25) is 0 Å². The predicted molar refractivity (Wildman–Crippen MR) is 127 cm³/mol. The van der Waals surface area contributed by atoms with Crippen LogP contribution in [0.25, 0.3) is 0 Å². The fraction of sp³-hybridized carbons (Fsp3) is 0.115. The number of halogens is 2. The van der Waals surface area contributed by atoms with E-state index in [1.807, 2.05) is 91.0 Å². The highest BCUT2D eigenvalue weighted by atomic mass is 31.2. The lowest BCUT2D eigenvalue weighted by Gasteiger charge is -2.31. The summed E-state index contributed by atoms with van der Waals surface area (Å²) in [6.07, 6.45) is -1.17. The lowest BCUT2D eigenvalue weighted by atomic mass is 10.3. The van der Waals surface area contributed by atoms with Crippen LogP contribution in [-0.2, 0) is 14.3 Å². The molecule has 0 aliphatic heterocycles. The van der Waals surface area contributed by atoms with Gasteiger partial charge in [-0.25, -0.2) is 13.6 Å². The quantitative estimate of drug-likeness (QED) is 0.294. The van der Waals surface area contributed by atoms with Crippen LogP contribution in [0.3, 0.4) is 0 Å². The van der Waals surface area contributed by atoms with E-state index in [-0.39, 0.29) is 11.9 Å². The first kappa shape index (κ1) is 23.4. The molecule has 6 heteroatoms. The first-order chi connectivity index (χ1) is 15.5. The number of hydrogen-bond donors (Lipinski definition) is 0. The summed E-state index contributed by atoms with van der Waals surface area (Å²) in [6.45, 7) is -1.09. The van der Waals surface area contributed by atoms with E-state index in [1.54, 1.807) is 6.92 Å². The third-order valence-corrected chi connectivity index (χ3v) is 9.17. The van der Waals surface area contributed by atoms with E-state index in [2.05, 4.69) is 0 Å². The third-order valence-electron chi connectivity index (χ3n) is 4.90. The van der Waals surface area contributed by atoms with Gasteiger partial charge in [-0.15, -0.1) is 0 Å². The van der Waals surface area contributed by atoms with Gasteiger partial charge in [0.25, 0.3) is 6.43 Å². The summed E-state index contributed by atoms with van der Waals surface area (Å²) >= 11 is 0. The van der Waals surface area contributed by atoms with Crippen molar-refractivity contribution >= 4 is 39.8 Å². The molecule has 0 spiro atoms. The molecule has 3 rings (SSSR count). The van der Waals surface area contributed by atoms with E-state index >= 15 is 0 Å². The molecule has 164 valence electrons. The van der Waals surface area contributed by atoms with Gasteiger partial charge in [0.1, 0.15) is 0 Å². The van der Waals surface area contributed by atoms with Crippen LogP contribution in [0.1, 0.15) is 6.92 Å². The molecule has 0 aliphatic rings. The number of ketones is 1. The van der Waals surface area contributed by atoms with Crippen molar-refractivity contribution in [3.05, 3.63) is 103 Å². The van der Waals surface area contributed by atoms with Crippen LogP contribution < -0.4 is 15.9 Å². The Hall–Kier alpha value is -3.30. The van der Waals surface area contributed by atoms with Gasteiger partial charge in [0, 0.05) is 0 Å². The topological polar surface area (TPSA) is 43.4 Å². The summed E-state index contributed by atoms with van der Waals surface area (Å²) in [5, 5.41) is 2.70. The average Bonchev–Trinajstić information content (AvgIpc) is 2.83. The Morgan fingerprint density at radius 2 is 1.19 bits per heavy atom. The van der Waals surface area contributed by atoms with Gasteiger partial charge in [-0.05, 0) is 41.9 Å². The van der Waals surface area contributed by atoms with Crippen molar-refractivity contribution in [2.45, 2.75) is 13.3 Å².